The summed E-state index contributed by atoms with van der Waals surface area (Å²) < 4.78 is 19.3. The molecule has 0 amide bonds. The number of phenols is 1. The molecule has 2 N–H and O–H groups in total. The molecule has 8 heteroatoms. The first-order valence-corrected chi connectivity index (χ1v) is 7.42. The van der Waals surface area contributed by atoms with Crippen LogP contribution in [0.4, 0.5) is 4.39 Å². The molecule has 3 aromatic rings. The van der Waals surface area contributed by atoms with E-state index in [4.69, 9.17) is 4.74 Å². The molecule has 0 radical (unpaired) electrons. The van der Waals surface area contributed by atoms with Gasteiger partial charge in [0.15, 0.2) is 5.65 Å². The summed E-state index contributed by atoms with van der Waals surface area (Å²) in [5, 5.41) is 26.1. The smallest absolute Gasteiger partial charge is 0.340 e. The highest BCUT2D eigenvalue weighted by atomic mass is 19.1. The van der Waals surface area contributed by atoms with Gasteiger partial charge in [0.2, 0.25) is 0 Å². The second-order valence-electron chi connectivity index (χ2n) is 5.25. The zero-order valence-corrected chi connectivity index (χ0v) is 13.4. The highest BCUT2D eigenvalue weighted by Crippen LogP contribution is 2.33. The van der Waals surface area contributed by atoms with Crippen LogP contribution in [0, 0.1) is 24.1 Å². The van der Waals surface area contributed by atoms with Crippen molar-refractivity contribution in [1.82, 2.24) is 15.2 Å². The van der Waals surface area contributed by atoms with Gasteiger partial charge in [0.05, 0.1) is 28.8 Å². The molecule has 0 saturated heterocycles. The highest BCUT2D eigenvalue weighted by Gasteiger charge is 2.26. The van der Waals surface area contributed by atoms with Crippen LogP contribution >= 0.6 is 0 Å². The molecule has 25 heavy (non-hydrogen) atoms. The number of carbonyl (C=O) groups excluding carboxylic acids is 1. The molecule has 0 fully saturated rings. The first kappa shape index (κ1) is 16.4. The first-order valence-electron chi connectivity index (χ1n) is 7.42. The van der Waals surface area contributed by atoms with E-state index < -0.39 is 11.8 Å². The van der Waals surface area contributed by atoms with Crippen LogP contribution in [0.2, 0.25) is 0 Å². The number of ether oxygens (including phenoxy) is 1. The number of aromatic nitrogens is 3. The van der Waals surface area contributed by atoms with Crippen molar-refractivity contribution in [1.29, 1.82) is 5.26 Å². The van der Waals surface area contributed by atoms with Crippen LogP contribution in [-0.4, -0.2) is 32.9 Å². The normalized spacial score (nSPS) is 10.6. The lowest BCUT2D eigenvalue weighted by Crippen LogP contribution is -2.10. The molecular formula is C17H13FN4O3. The summed E-state index contributed by atoms with van der Waals surface area (Å²) in [6, 6.07) is 5.38. The predicted molar refractivity (Wildman–Crippen MR) is 86.4 cm³/mol. The van der Waals surface area contributed by atoms with E-state index in [1.165, 1.54) is 12.1 Å². The summed E-state index contributed by atoms with van der Waals surface area (Å²) in [6.45, 7) is 3.44. The molecule has 3 rings (SSSR count). The van der Waals surface area contributed by atoms with Gasteiger partial charge in [-0.3, -0.25) is 5.10 Å². The Hall–Kier alpha value is -3.47. The number of nitrogens with one attached hydrogen (secondary N) is 1. The molecule has 0 aliphatic carbocycles. The Bertz CT molecular complexity index is 1040. The van der Waals surface area contributed by atoms with Gasteiger partial charge in [-0.15, -0.1) is 0 Å². The number of esters is 1. The van der Waals surface area contributed by atoms with Gasteiger partial charge >= 0.3 is 5.97 Å². The summed E-state index contributed by atoms with van der Waals surface area (Å²) in [7, 11) is 0. The largest absolute Gasteiger partial charge is 0.508 e. The molecule has 0 aliphatic rings. The van der Waals surface area contributed by atoms with Crippen LogP contribution in [0.3, 0.4) is 0 Å². The van der Waals surface area contributed by atoms with Gasteiger partial charge in [0, 0.05) is 17.3 Å². The quantitative estimate of drug-likeness (QED) is 0.709. The molecule has 0 bridgehead atoms. The van der Waals surface area contributed by atoms with E-state index in [0.717, 1.165) is 6.07 Å². The number of hydrogen-bond acceptors (Lipinski definition) is 6. The second kappa shape index (κ2) is 6.20. The third kappa shape index (κ3) is 2.65. The second-order valence-corrected chi connectivity index (χ2v) is 5.25. The third-order valence-corrected chi connectivity index (χ3v) is 3.68. The molecule has 1 aromatic carbocycles. The standard InChI is InChI=1S/C17H13FN4O3/c1-3-25-17(24)14-11(7-19)15(10-5-4-9(23)6-12(10)18)20-16-13(14)8(2)21-22-16/h4-6,23H,3H2,1-2H3,(H,20,21,22). The SMILES string of the molecule is CCOC(=O)c1c(C#N)c(-c2ccc(O)cc2F)nc2n[nH]c(C)c12. The number of H-pyrrole nitrogens is 1. The fraction of sp³-hybridized carbons (Fsp3) is 0.176. The maximum Gasteiger partial charge on any atom is 0.340 e. The van der Waals surface area contributed by atoms with E-state index in [-0.39, 0.29) is 40.4 Å². The van der Waals surface area contributed by atoms with Crippen molar-refractivity contribution in [2.24, 2.45) is 0 Å². The Balaban J connectivity index is 2.41. The Morgan fingerprint density at radius 2 is 2.24 bits per heavy atom. The number of hydrogen-bond donors (Lipinski definition) is 2. The van der Waals surface area contributed by atoms with Gasteiger partial charge in [-0.25, -0.2) is 14.2 Å². The van der Waals surface area contributed by atoms with Crippen LogP contribution in [-0.2, 0) is 4.74 Å². The summed E-state index contributed by atoms with van der Waals surface area (Å²) in [5.41, 5.74) is 0.523. The number of rotatable bonds is 3. The summed E-state index contributed by atoms with van der Waals surface area (Å²) >= 11 is 0. The van der Waals surface area contributed by atoms with Crippen LogP contribution in [0.5, 0.6) is 5.75 Å². The van der Waals surface area contributed by atoms with Crippen molar-refractivity contribution in [3.05, 3.63) is 40.8 Å². The van der Waals surface area contributed by atoms with Crippen molar-refractivity contribution in [2.75, 3.05) is 6.61 Å². The fourth-order valence-corrected chi connectivity index (χ4v) is 2.61. The number of aromatic hydroxyl groups is 1. The van der Waals surface area contributed by atoms with Gasteiger partial charge in [-0.2, -0.15) is 10.4 Å². The Morgan fingerprint density at radius 3 is 2.88 bits per heavy atom. The van der Waals surface area contributed by atoms with Crippen molar-refractivity contribution < 1.29 is 19.0 Å². The molecule has 0 saturated carbocycles. The number of carbonyl (C=O) groups is 1. The van der Waals surface area contributed by atoms with Gasteiger partial charge in [0.25, 0.3) is 0 Å². The summed E-state index contributed by atoms with van der Waals surface area (Å²) in [4.78, 5) is 16.7. The maximum absolute atomic E-state index is 14.3. The zero-order chi connectivity index (χ0) is 18.1. The molecule has 0 spiro atoms. The third-order valence-electron chi connectivity index (χ3n) is 3.68. The van der Waals surface area contributed by atoms with Crippen LogP contribution in [0.15, 0.2) is 18.2 Å². The number of pyridine rings is 1. The van der Waals surface area contributed by atoms with E-state index in [2.05, 4.69) is 15.2 Å². The molecule has 0 unspecified atom stereocenters. The lowest BCUT2D eigenvalue weighted by molar-refractivity contribution is 0.0528. The van der Waals surface area contributed by atoms with Gasteiger partial charge in [-0.05, 0) is 26.0 Å². The van der Waals surface area contributed by atoms with Crippen molar-refractivity contribution >= 4 is 17.0 Å². The number of nitriles is 1. The monoisotopic (exact) mass is 340 g/mol. The van der Waals surface area contributed by atoms with E-state index in [9.17, 15) is 19.6 Å². The summed E-state index contributed by atoms with van der Waals surface area (Å²) in [5.74, 6) is -1.75. The number of aryl methyl sites for hydroxylation is 1. The lowest BCUT2D eigenvalue weighted by atomic mass is 9.98. The number of phenolic OH excluding ortho intramolecular Hbond substituents is 1. The van der Waals surface area contributed by atoms with Crippen molar-refractivity contribution in [2.45, 2.75) is 13.8 Å². The Morgan fingerprint density at radius 1 is 1.48 bits per heavy atom. The summed E-state index contributed by atoms with van der Waals surface area (Å²) in [6.07, 6.45) is 0. The number of benzene rings is 1. The Kier molecular flexibility index (Phi) is 4.07. The van der Waals surface area contributed by atoms with Crippen molar-refractivity contribution in [3.63, 3.8) is 0 Å². The number of fused-ring (bicyclic) bond motifs is 1. The molecule has 2 heterocycles. The predicted octanol–water partition coefficient (Wildman–Crippen LogP) is 2.83. The van der Waals surface area contributed by atoms with Crippen molar-refractivity contribution in [3.8, 4) is 23.1 Å². The van der Waals surface area contributed by atoms with Crippen LogP contribution in [0.1, 0.15) is 28.5 Å². The minimum atomic E-state index is -0.773. The van der Waals surface area contributed by atoms with E-state index in [0.29, 0.717) is 11.1 Å². The van der Waals surface area contributed by atoms with Gasteiger partial charge in [0.1, 0.15) is 17.6 Å². The first-order chi connectivity index (χ1) is 12.0. The van der Waals surface area contributed by atoms with Gasteiger partial charge in [-0.1, -0.05) is 0 Å². The molecule has 2 aromatic heterocycles. The highest BCUT2D eigenvalue weighted by molar-refractivity contribution is 6.07. The average Bonchev–Trinajstić information content (AvgIpc) is 2.94. The van der Waals surface area contributed by atoms with E-state index >= 15 is 0 Å². The minimum absolute atomic E-state index is 0.0110. The number of nitrogens with zero attached hydrogens (tertiary/aromatic N) is 3. The van der Waals surface area contributed by atoms with E-state index in [1.54, 1.807) is 13.8 Å². The molecule has 7 nitrogen and oxygen atoms in total. The minimum Gasteiger partial charge on any atom is -0.508 e. The topological polar surface area (TPSA) is 112 Å². The molecule has 0 atom stereocenters. The molecular weight excluding hydrogens is 327 g/mol. The lowest BCUT2D eigenvalue weighted by Gasteiger charge is -2.11. The van der Waals surface area contributed by atoms with Crippen LogP contribution in [0.25, 0.3) is 22.3 Å². The Labute approximate surface area is 141 Å². The fourth-order valence-electron chi connectivity index (χ4n) is 2.61. The van der Waals surface area contributed by atoms with Gasteiger partial charge < -0.3 is 9.84 Å². The molecule has 126 valence electrons. The molecule has 0 aliphatic heterocycles. The maximum atomic E-state index is 14.3. The average molecular weight is 340 g/mol. The number of aromatic amines is 1. The zero-order valence-electron chi connectivity index (χ0n) is 13.4. The van der Waals surface area contributed by atoms with Crippen LogP contribution < -0.4 is 0 Å². The van der Waals surface area contributed by atoms with E-state index in [1.807, 2.05) is 6.07 Å². The number of halogens is 1.